The van der Waals surface area contributed by atoms with E-state index in [-0.39, 0.29) is 12.1 Å². The van der Waals surface area contributed by atoms with Gasteiger partial charge in [0.25, 0.3) is 0 Å². The highest BCUT2D eigenvalue weighted by Crippen LogP contribution is 2.44. The first-order valence-corrected chi connectivity index (χ1v) is 11.9. The van der Waals surface area contributed by atoms with Crippen molar-refractivity contribution in [1.29, 1.82) is 0 Å². The van der Waals surface area contributed by atoms with E-state index in [1.807, 2.05) is 66.9 Å². The maximum atomic E-state index is 6.32. The maximum absolute atomic E-state index is 6.32. The Morgan fingerprint density at radius 1 is 0.971 bits per heavy atom. The van der Waals surface area contributed by atoms with E-state index in [4.69, 9.17) is 28.6 Å². The number of ether oxygens (including phenoxy) is 1. The number of halogens is 1. The molecule has 5 rings (SSSR count). The molecule has 1 aliphatic rings. The third kappa shape index (κ3) is 3.93. The van der Waals surface area contributed by atoms with Gasteiger partial charge >= 0.3 is 0 Å². The lowest BCUT2D eigenvalue weighted by molar-refractivity contribution is 0.415. The predicted molar refractivity (Wildman–Crippen MR) is 141 cm³/mol. The first kappa shape index (κ1) is 22.4. The molecule has 2 atom stereocenters. The molecule has 34 heavy (non-hydrogen) atoms. The van der Waals surface area contributed by atoms with Crippen molar-refractivity contribution >= 4 is 34.6 Å². The molecule has 1 saturated heterocycles. The lowest BCUT2D eigenvalue weighted by Gasteiger charge is -2.28. The second-order valence-corrected chi connectivity index (χ2v) is 9.16. The fraction of sp³-hybridized carbons (Fsp3) is 0.185. The second kappa shape index (κ2) is 9.12. The zero-order chi connectivity index (χ0) is 23.8. The van der Waals surface area contributed by atoms with Crippen molar-refractivity contribution in [3.05, 3.63) is 107 Å². The number of aromatic nitrogens is 2. The number of pyridine rings is 1. The van der Waals surface area contributed by atoms with Gasteiger partial charge in [-0.25, -0.2) is 0 Å². The summed E-state index contributed by atoms with van der Waals surface area (Å²) in [6, 6.07) is 23.9. The number of nitrogens with one attached hydrogen (secondary N) is 1. The molecule has 0 spiro atoms. The number of aryl methyl sites for hydroxylation is 1. The molecule has 0 unspecified atom stereocenters. The fourth-order valence-electron chi connectivity index (χ4n) is 4.79. The number of methoxy groups -OCH3 is 1. The lowest BCUT2D eigenvalue weighted by atomic mass is 9.96. The van der Waals surface area contributed by atoms with Crippen molar-refractivity contribution in [1.82, 2.24) is 14.9 Å². The quantitative estimate of drug-likeness (QED) is 0.332. The number of anilines is 1. The largest absolute Gasteiger partial charge is 0.497 e. The normalized spacial score (nSPS) is 17.6. The molecule has 1 fully saturated rings. The van der Waals surface area contributed by atoms with Gasteiger partial charge < -0.3 is 19.5 Å². The summed E-state index contributed by atoms with van der Waals surface area (Å²) >= 11 is 12.2. The molecule has 5 nitrogen and oxygen atoms in total. The zero-order valence-electron chi connectivity index (χ0n) is 19.2. The van der Waals surface area contributed by atoms with Crippen LogP contribution in [-0.2, 0) is 0 Å². The highest BCUT2D eigenvalue weighted by atomic mass is 35.5. The van der Waals surface area contributed by atoms with E-state index >= 15 is 0 Å². The minimum atomic E-state index is -0.107. The minimum absolute atomic E-state index is 0.0880. The molecular formula is C27H25ClN4OS. The van der Waals surface area contributed by atoms with Crippen LogP contribution in [0.5, 0.6) is 5.75 Å². The Kier molecular flexibility index (Phi) is 6.02. The number of rotatable bonds is 5. The van der Waals surface area contributed by atoms with Crippen molar-refractivity contribution < 1.29 is 4.74 Å². The van der Waals surface area contributed by atoms with Crippen LogP contribution >= 0.6 is 23.8 Å². The van der Waals surface area contributed by atoms with Gasteiger partial charge in [0.05, 0.1) is 24.9 Å². The number of hydrogen-bond donors (Lipinski definition) is 1. The molecule has 7 heteroatoms. The molecule has 0 radical (unpaired) electrons. The van der Waals surface area contributed by atoms with Crippen LogP contribution in [0.1, 0.15) is 34.7 Å². The third-order valence-corrected chi connectivity index (χ3v) is 6.85. The summed E-state index contributed by atoms with van der Waals surface area (Å²) in [5, 5.41) is 4.91. The van der Waals surface area contributed by atoms with Gasteiger partial charge in [-0.05, 0) is 92.3 Å². The van der Waals surface area contributed by atoms with Gasteiger partial charge in [0, 0.05) is 34.0 Å². The second-order valence-electron chi connectivity index (χ2n) is 8.34. The first-order chi connectivity index (χ1) is 16.5. The molecule has 2 aromatic carbocycles. The van der Waals surface area contributed by atoms with E-state index in [0.29, 0.717) is 10.1 Å². The summed E-state index contributed by atoms with van der Waals surface area (Å²) in [6.45, 7) is 4.26. The average Bonchev–Trinajstić information content (AvgIpc) is 3.34. The van der Waals surface area contributed by atoms with Crippen LogP contribution < -0.4 is 15.0 Å². The van der Waals surface area contributed by atoms with Crippen molar-refractivity contribution in [3.8, 4) is 11.4 Å². The van der Waals surface area contributed by atoms with Gasteiger partial charge in [-0.1, -0.05) is 23.7 Å². The van der Waals surface area contributed by atoms with Crippen molar-refractivity contribution in [2.75, 3.05) is 12.0 Å². The molecule has 1 aliphatic heterocycles. The molecule has 0 amide bonds. The van der Waals surface area contributed by atoms with Crippen LogP contribution in [-0.4, -0.2) is 21.8 Å². The summed E-state index contributed by atoms with van der Waals surface area (Å²) in [5.74, 6) is 0.804. The van der Waals surface area contributed by atoms with Gasteiger partial charge in [-0.2, -0.15) is 0 Å². The third-order valence-electron chi connectivity index (χ3n) is 6.30. The maximum Gasteiger partial charge on any atom is 0.174 e. The van der Waals surface area contributed by atoms with E-state index in [2.05, 4.69) is 45.7 Å². The fourth-order valence-corrected chi connectivity index (χ4v) is 5.32. The van der Waals surface area contributed by atoms with Gasteiger partial charge in [-0.15, -0.1) is 0 Å². The van der Waals surface area contributed by atoms with Crippen LogP contribution in [0.15, 0.2) is 79.0 Å². The number of thiocarbonyl (C=S) groups is 1. The van der Waals surface area contributed by atoms with E-state index in [9.17, 15) is 0 Å². The topological polar surface area (TPSA) is 42.3 Å². The molecule has 172 valence electrons. The molecule has 4 aromatic rings. The van der Waals surface area contributed by atoms with Crippen LogP contribution in [0.25, 0.3) is 5.69 Å². The number of hydrogen-bond acceptors (Lipinski definition) is 3. The predicted octanol–water partition coefficient (Wildman–Crippen LogP) is 6.33. The molecule has 0 aliphatic carbocycles. The van der Waals surface area contributed by atoms with Crippen LogP contribution in [0.4, 0.5) is 5.69 Å². The molecule has 2 aromatic heterocycles. The highest BCUT2D eigenvalue weighted by molar-refractivity contribution is 7.80. The van der Waals surface area contributed by atoms with Gasteiger partial charge in [0.2, 0.25) is 0 Å². The van der Waals surface area contributed by atoms with Gasteiger partial charge in [0.15, 0.2) is 5.11 Å². The molecule has 0 saturated carbocycles. The Labute approximate surface area is 210 Å². The van der Waals surface area contributed by atoms with Crippen LogP contribution in [0.2, 0.25) is 5.02 Å². The van der Waals surface area contributed by atoms with Crippen molar-refractivity contribution in [2.45, 2.75) is 25.9 Å². The van der Waals surface area contributed by atoms with E-state index in [1.165, 1.54) is 5.56 Å². The minimum Gasteiger partial charge on any atom is -0.497 e. The Hall–Kier alpha value is -3.35. The molecule has 3 heterocycles. The summed E-state index contributed by atoms with van der Waals surface area (Å²) in [7, 11) is 1.67. The van der Waals surface area contributed by atoms with E-state index < -0.39 is 0 Å². The highest BCUT2D eigenvalue weighted by Gasteiger charge is 2.42. The van der Waals surface area contributed by atoms with Crippen LogP contribution in [0, 0.1) is 13.8 Å². The van der Waals surface area contributed by atoms with Gasteiger partial charge in [-0.3, -0.25) is 4.98 Å². The monoisotopic (exact) mass is 488 g/mol. The van der Waals surface area contributed by atoms with Crippen LogP contribution in [0.3, 0.4) is 0 Å². The van der Waals surface area contributed by atoms with E-state index in [0.717, 1.165) is 34.2 Å². The molecular weight excluding hydrogens is 464 g/mol. The average molecular weight is 489 g/mol. The smallest absolute Gasteiger partial charge is 0.174 e. The summed E-state index contributed by atoms with van der Waals surface area (Å²) < 4.78 is 7.61. The summed E-state index contributed by atoms with van der Waals surface area (Å²) in [4.78, 5) is 6.84. The van der Waals surface area contributed by atoms with Crippen molar-refractivity contribution in [3.63, 3.8) is 0 Å². The van der Waals surface area contributed by atoms with Crippen molar-refractivity contribution in [2.24, 2.45) is 0 Å². The SMILES string of the molecule is COc1ccc(N2C(=S)N[C@@H](c3ccccn3)[C@@H]2c2cc(C)n(-c3cccc(Cl)c3)c2C)cc1. The van der Waals surface area contributed by atoms with E-state index in [1.54, 1.807) is 7.11 Å². The Balaban J connectivity index is 1.67. The number of nitrogens with zero attached hydrogens (tertiary/aromatic N) is 3. The molecule has 0 bridgehead atoms. The Morgan fingerprint density at radius 2 is 1.76 bits per heavy atom. The zero-order valence-corrected chi connectivity index (χ0v) is 20.8. The number of benzene rings is 2. The van der Waals surface area contributed by atoms with Gasteiger partial charge in [0.1, 0.15) is 5.75 Å². The lowest BCUT2D eigenvalue weighted by Crippen LogP contribution is -2.29. The standard InChI is InChI=1S/C27H25ClN4OS/c1-17-15-23(18(2)31(17)21-8-6-7-19(28)16-21)26-25(24-9-4-5-14-29-24)30-27(34)32(26)20-10-12-22(33-3)13-11-20/h4-16,25-26H,1-3H3,(H,30,34)/t25-,26-/m0/s1. The Bertz CT molecular complexity index is 1340. The summed E-state index contributed by atoms with van der Waals surface area (Å²) in [6.07, 6.45) is 1.82. The Morgan fingerprint density at radius 3 is 2.44 bits per heavy atom. The summed E-state index contributed by atoms with van der Waals surface area (Å²) in [5.41, 5.74) is 6.41. The first-order valence-electron chi connectivity index (χ1n) is 11.1. The molecule has 1 N–H and O–H groups in total.